The number of aliphatic imine (C=N–C) groups is 4. The SMILES string of the molecule is CC(=O)NCCCOc1cccc(C2=C3C=CC(=N3)C(c3cccc(OCCCNC(C)=O)c3)=C3C=CC(=N3)C(c3cccc(OCCCNC(C)=O)c3)=C3C=CC(=N3)C(c3cccc(OCCCNC(C)=O)c3)=C3C=CC2=N3)c1. The lowest BCUT2D eigenvalue weighted by atomic mass is 9.98. The number of nitrogens with one attached hydrogen (secondary N) is 4. The van der Waals surface area contributed by atoms with Gasteiger partial charge < -0.3 is 40.2 Å². The van der Waals surface area contributed by atoms with Crippen LogP contribution in [0.15, 0.2) is 188 Å². The number of allylic oxidation sites excluding steroid dienone is 12. The van der Waals surface area contributed by atoms with Crippen molar-refractivity contribution in [1.82, 2.24) is 21.3 Å². The maximum Gasteiger partial charge on any atom is 0.216 e. The summed E-state index contributed by atoms with van der Waals surface area (Å²) in [6.07, 6.45) is 18.6. The highest BCUT2D eigenvalue weighted by Crippen LogP contribution is 2.40. The minimum absolute atomic E-state index is 0.0899. The van der Waals surface area contributed by atoms with Crippen LogP contribution in [0.2, 0.25) is 0 Å². The minimum atomic E-state index is -0.0899. The molecule has 0 unspecified atom stereocenters. The fraction of sp³-hybridized carbons (Fsp3) is 0.250. The van der Waals surface area contributed by atoms with Crippen molar-refractivity contribution in [3.63, 3.8) is 0 Å². The van der Waals surface area contributed by atoms with E-state index in [0.29, 0.717) is 147 Å². The molecule has 5 aliphatic rings. The molecule has 0 aromatic heterocycles. The fourth-order valence-corrected chi connectivity index (χ4v) is 9.34. The third kappa shape index (κ3) is 14.6. The van der Waals surface area contributed by atoms with Crippen molar-refractivity contribution >= 4 is 68.8 Å². The van der Waals surface area contributed by atoms with Crippen LogP contribution in [-0.4, -0.2) is 99.1 Å². The van der Waals surface area contributed by atoms with Crippen molar-refractivity contribution < 1.29 is 38.1 Å². The first-order chi connectivity index (χ1) is 38.9. The zero-order valence-corrected chi connectivity index (χ0v) is 45.4. The van der Waals surface area contributed by atoms with Crippen molar-refractivity contribution in [2.75, 3.05) is 52.6 Å². The molecule has 4 amide bonds. The van der Waals surface area contributed by atoms with Crippen molar-refractivity contribution in [3.05, 3.63) is 191 Å². The van der Waals surface area contributed by atoms with Crippen molar-refractivity contribution in [1.29, 1.82) is 0 Å². The molecule has 0 saturated heterocycles. The Morgan fingerprint density at radius 3 is 0.775 bits per heavy atom. The standard InChI is InChI=1S/C64H64N8O8/c1-41(73)65-29-9-33-77-49-17-5-13-45(37-49)61-53-21-23-55(69-53)62(46-14-6-18-50(38-46)78-34-10-30-66-42(2)74)57-25-27-59(71-57)64(48-16-8-20-52(40-48)80-36-12-32-68-44(4)76)60-28-26-58(72-60)63(56-24-22-54(61)70-56)47-15-7-19-51(39-47)79-35-11-31-67-43(3)75/h5-8,13-28,37-40H,9-12,29-36H2,1-4H3,(H,65,73)(H,66,74)(H,67,75)(H,68,76). The molecule has 4 aromatic carbocycles. The molecule has 16 heteroatoms. The summed E-state index contributed by atoms with van der Waals surface area (Å²) in [5.74, 6) is 2.25. The molecule has 8 bridgehead atoms. The Labute approximate surface area is 466 Å². The van der Waals surface area contributed by atoms with Gasteiger partial charge in [0.15, 0.2) is 0 Å². The van der Waals surface area contributed by atoms with Crippen LogP contribution < -0.4 is 40.2 Å². The Bertz CT molecular complexity index is 3020. The lowest BCUT2D eigenvalue weighted by molar-refractivity contribution is -0.119. The number of nitrogens with zero attached hydrogens (tertiary/aromatic N) is 4. The van der Waals surface area contributed by atoms with E-state index in [1.807, 2.05) is 146 Å². The average molecular weight is 1070 g/mol. The molecule has 0 saturated carbocycles. The zero-order valence-electron chi connectivity index (χ0n) is 45.4. The van der Waals surface area contributed by atoms with Crippen molar-refractivity contribution in [2.45, 2.75) is 53.4 Å². The average Bonchev–Trinajstić information content (AvgIpc) is 4.33. The van der Waals surface area contributed by atoms with Gasteiger partial charge in [-0.2, -0.15) is 0 Å². The number of carbonyl (C=O) groups is 4. The highest BCUT2D eigenvalue weighted by molar-refractivity contribution is 6.39. The highest BCUT2D eigenvalue weighted by Gasteiger charge is 2.28. The second kappa shape index (κ2) is 26.7. The molecular weight excluding hydrogens is 1010 g/mol. The number of benzene rings is 4. The highest BCUT2D eigenvalue weighted by atomic mass is 16.5. The molecule has 5 heterocycles. The third-order valence-electron chi connectivity index (χ3n) is 13.0. The second-order valence-corrected chi connectivity index (χ2v) is 19.2. The van der Waals surface area contributed by atoms with E-state index >= 15 is 0 Å². The molecule has 9 rings (SSSR count). The Balaban J connectivity index is 1.21. The van der Waals surface area contributed by atoms with Gasteiger partial charge in [0.1, 0.15) is 23.0 Å². The lowest BCUT2D eigenvalue weighted by Crippen LogP contribution is -2.22. The molecule has 0 spiro atoms. The van der Waals surface area contributed by atoms with Gasteiger partial charge >= 0.3 is 0 Å². The number of hydrogen-bond acceptors (Lipinski definition) is 12. The van der Waals surface area contributed by atoms with Crippen LogP contribution in [0.3, 0.4) is 0 Å². The summed E-state index contributed by atoms with van der Waals surface area (Å²) in [5.41, 5.74) is 11.7. The topological polar surface area (TPSA) is 203 Å². The molecule has 4 aromatic rings. The van der Waals surface area contributed by atoms with Gasteiger partial charge in [0.05, 0.1) is 72.1 Å². The smallest absolute Gasteiger partial charge is 0.216 e. The van der Waals surface area contributed by atoms with Gasteiger partial charge in [-0.3, -0.25) is 19.2 Å². The van der Waals surface area contributed by atoms with E-state index < -0.39 is 0 Å². The molecule has 0 aliphatic carbocycles. The summed E-state index contributed by atoms with van der Waals surface area (Å²) >= 11 is 0. The van der Waals surface area contributed by atoms with E-state index in [9.17, 15) is 19.2 Å². The van der Waals surface area contributed by atoms with Crippen LogP contribution in [0.25, 0.3) is 22.3 Å². The predicted octanol–water partition coefficient (Wildman–Crippen LogP) is 9.31. The molecular formula is C64H64N8O8. The molecule has 4 N–H and O–H groups in total. The van der Waals surface area contributed by atoms with E-state index in [1.54, 1.807) is 0 Å². The van der Waals surface area contributed by atoms with E-state index in [-0.39, 0.29) is 23.6 Å². The summed E-state index contributed by atoms with van der Waals surface area (Å²) in [4.78, 5) is 68.1. The second-order valence-electron chi connectivity index (χ2n) is 19.2. The van der Waals surface area contributed by atoms with Gasteiger partial charge in [-0.15, -0.1) is 0 Å². The lowest BCUT2D eigenvalue weighted by Gasteiger charge is -2.14. The maximum atomic E-state index is 11.6. The summed E-state index contributed by atoms with van der Waals surface area (Å²) in [5, 5.41) is 11.3. The zero-order chi connectivity index (χ0) is 55.8. The number of hydrogen-bond donors (Lipinski definition) is 4. The Hall–Kier alpha value is -9.44. The first-order valence-electron chi connectivity index (χ1n) is 26.9. The van der Waals surface area contributed by atoms with Gasteiger partial charge in [0.2, 0.25) is 23.6 Å². The Morgan fingerprint density at radius 1 is 0.338 bits per heavy atom. The Kier molecular flexibility index (Phi) is 18.5. The summed E-state index contributed by atoms with van der Waals surface area (Å²) < 4.78 is 25.0. The molecule has 0 atom stereocenters. The summed E-state index contributed by atoms with van der Waals surface area (Å²) in [7, 11) is 0. The van der Waals surface area contributed by atoms with Crippen LogP contribution in [0.1, 0.15) is 75.6 Å². The van der Waals surface area contributed by atoms with Crippen LogP contribution >= 0.6 is 0 Å². The first kappa shape index (κ1) is 55.3. The van der Waals surface area contributed by atoms with Crippen LogP contribution in [-0.2, 0) is 19.2 Å². The van der Waals surface area contributed by atoms with Gasteiger partial charge in [0.25, 0.3) is 0 Å². The molecule has 80 heavy (non-hydrogen) atoms. The summed E-state index contributed by atoms with van der Waals surface area (Å²) in [6, 6.07) is 31.5. The first-order valence-corrected chi connectivity index (χ1v) is 26.9. The van der Waals surface area contributed by atoms with E-state index in [0.717, 1.165) is 44.5 Å². The van der Waals surface area contributed by atoms with Crippen molar-refractivity contribution in [3.8, 4) is 23.0 Å². The molecule has 408 valence electrons. The third-order valence-corrected chi connectivity index (χ3v) is 13.0. The normalized spacial score (nSPS) is 14.9. The van der Waals surface area contributed by atoms with Gasteiger partial charge in [-0.05, 0) is 145 Å². The quantitative estimate of drug-likeness (QED) is 0.0497. The van der Waals surface area contributed by atoms with Crippen LogP contribution in [0.4, 0.5) is 0 Å². The molecule has 0 radical (unpaired) electrons. The number of amides is 4. The largest absolute Gasteiger partial charge is 0.494 e. The van der Waals surface area contributed by atoms with Crippen LogP contribution in [0.5, 0.6) is 23.0 Å². The molecule has 5 aliphatic heterocycles. The van der Waals surface area contributed by atoms with Gasteiger partial charge in [-0.1, -0.05) is 48.5 Å². The van der Waals surface area contributed by atoms with Crippen LogP contribution in [0, 0.1) is 0 Å². The number of fused-ring (bicyclic) bond motifs is 4. The Morgan fingerprint density at radius 2 is 0.562 bits per heavy atom. The predicted molar refractivity (Wildman–Crippen MR) is 315 cm³/mol. The van der Waals surface area contributed by atoms with E-state index in [1.165, 1.54) is 27.7 Å². The molecule has 0 fully saturated rings. The molecule has 16 nitrogen and oxygen atoms in total. The number of ether oxygens (including phenoxy) is 4. The fourth-order valence-electron chi connectivity index (χ4n) is 9.34. The summed E-state index contributed by atoms with van der Waals surface area (Å²) in [6.45, 7) is 9.55. The maximum absolute atomic E-state index is 11.6. The number of rotatable bonds is 24. The monoisotopic (exact) mass is 1070 g/mol. The van der Waals surface area contributed by atoms with E-state index in [4.69, 9.17) is 38.9 Å². The van der Waals surface area contributed by atoms with Crippen molar-refractivity contribution in [2.24, 2.45) is 20.0 Å². The van der Waals surface area contributed by atoms with E-state index in [2.05, 4.69) is 21.3 Å². The number of carbonyl (C=O) groups excluding carboxylic acids is 4. The van der Waals surface area contributed by atoms with Gasteiger partial charge in [-0.25, -0.2) is 20.0 Å². The minimum Gasteiger partial charge on any atom is -0.494 e. The van der Waals surface area contributed by atoms with Gasteiger partial charge in [0, 0.05) is 76.2 Å².